The van der Waals surface area contributed by atoms with Gasteiger partial charge in [-0.25, -0.2) is 4.98 Å². The largest absolute Gasteiger partial charge is 0.381 e. The molecule has 3 N–H and O–H groups in total. The van der Waals surface area contributed by atoms with E-state index >= 15 is 0 Å². The number of aromatic amines is 1. The van der Waals surface area contributed by atoms with Crippen molar-refractivity contribution in [1.82, 2.24) is 20.2 Å². The monoisotopic (exact) mass is 614 g/mol. The zero-order chi connectivity index (χ0) is 31.9. The highest BCUT2D eigenvalue weighted by Gasteiger charge is 2.27. The molecule has 0 aliphatic carbocycles. The van der Waals surface area contributed by atoms with Gasteiger partial charge < -0.3 is 34.8 Å². The van der Waals surface area contributed by atoms with Gasteiger partial charge in [0.25, 0.3) is 11.5 Å². The Bertz CT molecular complexity index is 1520. The number of benzene rings is 1. The lowest BCUT2D eigenvalue weighted by atomic mass is 9.99. The van der Waals surface area contributed by atoms with Gasteiger partial charge in [0, 0.05) is 86.2 Å². The highest BCUT2D eigenvalue weighted by atomic mass is 16.5. The number of aryl methyl sites for hydroxylation is 2. The molecule has 10 heteroatoms. The molecule has 5 rings (SSSR count). The number of rotatable bonds is 11. The molecular weight excluding hydrogens is 568 g/mol. The number of carbonyl (C=O) groups is 1. The molecule has 45 heavy (non-hydrogen) atoms. The summed E-state index contributed by atoms with van der Waals surface area (Å²) in [5.41, 5.74) is 4.95. The van der Waals surface area contributed by atoms with Crippen LogP contribution in [0.1, 0.15) is 53.4 Å². The summed E-state index contributed by atoms with van der Waals surface area (Å²) in [5.74, 6) is 0.626. The van der Waals surface area contributed by atoms with Crippen LogP contribution in [0.5, 0.6) is 0 Å². The molecular formula is C35H46N6O4. The number of nitrogens with zero attached hydrogens (tertiary/aromatic N) is 4. The van der Waals surface area contributed by atoms with Gasteiger partial charge in [-0.05, 0) is 86.8 Å². The van der Waals surface area contributed by atoms with Crippen LogP contribution in [-0.2, 0) is 17.7 Å². The molecule has 2 aromatic heterocycles. The zero-order valence-electron chi connectivity index (χ0n) is 26.7. The number of ether oxygens (including phenoxy) is 1. The van der Waals surface area contributed by atoms with Gasteiger partial charge >= 0.3 is 0 Å². The maximum absolute atomic E-state index is 13.8. The molecule has 2 saturated heterocycles. The maximum Gasteiger partial charge on any atom is 0.253 e. The van der Waals surface area contributed by atoms with E-state index in [2.05, 4.69) is 40.7 Å². The SMILES string of the molecule is C=CC(O)N(c1cc(C(=O)NCc2c(CCC)cc(C)[nH]c2=O)cc(-c2ccc(N3CCN(C)CC3)nc2)c1)C1CCOCC1. The van der Waals surface area contributed by atoms with E-state index < -0.39 is 6.23 Å². The quantitative estimate of drug-likeness (QED) is 0.220. The van der Waals surface area contributed by atoms with Crippen molar-refractivity contribution in [2.75, 3.05) is 56.2 Å². The van der Waals surface area contributed by atoms with Crippen LogP contribution in [0.15, 0.2) is 60.0 Å². The number of nitrogens with one attached hydrogen (secondary N) is 2. The topological polar surface area (TPSA) is 114 Å². The average Bonchev–Trinajstić information content (AvgIpc) is 3.05. The molecule has 0 bridgehead atoms. The third-order valence-corrected chi connectivity index (χ3v) is 8.77. The fourth-order valence-electron chi connectivity index (χ4n) is 6.24. The van der Waals surface area contributed by atoms with Gasteiger partial charge in [0.2, 0.25) is 0 Å². The van der Waals surface area contributed by atoms with Crippen molar-refractivity contribution in [2.45, 2.75) is 58.3 Å². The number of likely N-dealkylation sites (N-methyl/N-ethyl adjacent to an activating group) is 1. The lowest BCUT2D eigenvalue weighted by Gasteiger charge is -2.38. The number of carbonyl (C=O) groups excluding carboxylic acids is 1. The number of hydrogen-bond acceptors (Lipinski definition) is 8. The van der Waals surface area contributed by atoms with Crippen molar-refractivity contribution in [3.63, 3.8) is 0 Å². The molecule has 1 amide bonds. The Morgan fingerprint density at radius 3 is 2.60 bits per heavy atom. The van der Waals surface area contributed by atoms with Crippen LogP contribution < -0.4 is 20.7 Å². The van der Waals surface area contributed by atoms with Crippen molar-refractivity contribution in [1.29, 1.82) is 0 Å². The fraction of sp³-hybridized carbons (Fsp3) is 0.457. The molecule has 0 saturated carbocycles. The van der Waals surface area contributed by atoms with E-state index in [1.54, 1.807) is 6.07 Å². The number of pyridine rings is 2. The Balaban J connectivity index is 1.49. The normalized spacial score (nSPS) is 16.8. The minimum atomic E-state index is -0.945. The predicted octanol–water partition coefficient (Wildman–Crippen LogP) is 3.87. The van der Waals surface area contributed by atoms with Gasteiger partial charge in [0.1, 0.15) is 12.0 Å². The molecule has 1 unspecified atom stereocenters. The number of aromatic nitrogens is 2. The highest BCUT2D eigenvalue weighted by Crippen LogP contribution is 2.32. The van der Waals surface area contributed by atoms with Crippen LogP contribution in [0.4, 0.5) is 11.5 Å². The molecule has 0 spiro atoms. The summed E-state index contributed by atoms with van der Waals surface area (Å²) in [7, 11) is 2.13. The second kappa shape index (κ2) is 14.9. The fourth-order valence-corrected chi connectivity index (χ4v) is 6.24. The minimum absolute atomic E-state index is 0.0124. The van der Waals surface area contributed by atoms with E-state index in [9.17, 15) is 14.7 Å². The number of aliphatic hydroxyl groups excluding tert-OH is 1. The van der Waals surface area contributed by atoms with Crippen LogP contribution in [-0.4, -0.2) is 84.6 Å². The van der Waals surface area contributed by atoms with Gasteiger partial charge in [-0.2, -0.15) is 0 Å². The smallest absolute Gasteiger partial charge is 0.253 e. The number of hydrogen-bond donors (Lipinski definition) is 3. The average molecular weight is 615 g/mol. The molecule has 3 aromatic rings. The standard InChI is InChI=1S/C35H46N6O4/c1-5-7-25-18-24(3)38-35(44)31(25)23-37-34(43)28-19-27(26-8-9-32(36-22-26)40-14-12-39(4)13-15-40)20-30(21-28)41(33(42)6-2)29-10-16-45-17-11-29/h6,8-9,18-22,29,33,42H,2,5,7,10-17,23H2,1,3-4H3,(H,37,43)(H,38,44). The third-order valence-electron chi connectivity index (χ3n) is 8.77. The molecule has 1 aromatic carbocycles. The number of amides is 1. The lowest BCUT2D eigenvalue weighted by Crippen LogP contribution is -2.45. The van der Waals surface area contributed by atoms with Crippen molar-refractivity contribution < 1.29 is 14.6 Å². The van der Waals surface area contributed by atoms with Crippen LogP contribution in [0.3, 0.4) is 0 Å². The summed E-state index contributed by atoms with van der Waals surface area (Å²) in [4.78, 5) is 40.8. The van der Waals surface area contributed by atoms with Crippen molar-refractivity contribution in [2.24, 2.45) is 0 Å². The second-order valence-corrected chi connectivity index (χ2v) is 12.1. The van der Waals surface area contributed by atoms with Crippen LogP contribution in [0.25, 0.3) is 11.1 Å². The first-order chi connectivity index (χ1) is 21.8. The van der Waals surface area contributed by atoms with E-state index in [1.807, 2.05) is 48.4 Å². The summed E-state index contributed by atoms with van der Waals surface area (Å²) in [6.07, 6.45) is 5.55. The third kappa shape index (κ3) is 7.81. The Morgan fingerprint density at radius 2 is 1.93 bits per heavy atom. The lowest BCUT2D eigenvalue weighted by molar-refractivity contribution is 0.0741. The first kappa shape index (κ1) is 32.4. The van der Waals surface area contributed by atoms with Crippen LogP contribution in [0, 0.1) is 6.92 Å². The van der Waals surface area contributed by atoms with E-state index in [1.165, 1.54) is 6.08 Å². The number of H-pyrrole nitrogens is 1. The number of anilines is 2. The second-order valence-electron chi connectivity index (χ2n) is 12.1. The summed E-state index contributed by atoms with van der Waals surface area (Å²) < 4.78 is 5.60. The van der Waals surface area contributed by atoms with E-state index in [0.717, 1.165) is 80.1 Å². The molecule has 240 valence electrons. The highest BCUT2D eigenvalue weighted by molar-refractivity contribution is 5.97. The van der Waals surface area contributed by atoms with Gasteiger partial charge in [-0.15, -0.1) is 0 Å². The van der Waals surface area contributed by atoms with Crippen molar-refractivity contribution in [3.05, 3.63) is 88.0 Å². The Kier molecular flexibility index (Phi) is 10.7. The summed E-state index contributed by atoms with van der Waals surface area (Å²) in [6.45, 7) is 12.9. The first-order valence-electron chi connectivity index (χ1n) is 16.0. The Morgan fingerprint density at radius 1 is 1.18 bits per heavy atom. The van der Waals surface area contributed by atoms with Crippen LogP contribution in [0.2, 0.25) is 0 Å². The Labute approximate surface area is 265 Å². The van der Waals surface area contributed by atoms with Gasteiger partial charge in [0.15, 0.2) is 0 Å². The van der Waals surface area contributed by atoms with Gasteiger partial charge in [-0.3, -0.25) is 9.59 Å². The van der Waals surface area contributed by atoms with E-state index in [-0.39, 0.29) is 24.1 Å². The predicted molar refractivity (Wildman–Crippen MR) is 179 cm³/mol. The summed E-state index contributed by atoms with van der Waals surface area (Å²) in [6, 6.07) is 11.7. The molecule has 4 heterocycles. The summed E-state index contributed by atoms with van der Waals surface area (Å²) in [5, 5.41) is 14.1. The zero-order valence-corrected chi connectivity index (χ0v) is 26.7. The molecule has 2 fully saturated rings. The number of aliphatic hydroxyl groups is 1. The minimum Gasteiger partial charge on any atom is -0.381 e. The van der Waals surface area contributed by atoms with E-state index in [4.69, 9.17) is 9.72 Å². The summed E-state index contributed by atoms with van der Waals surface area (Å²) >= 11 is 0. The number of piperazine rings is 1. The molecule has 10 nitrogen and oxygen atoms in total. The van der Waals surface area contributed by atoms with Crippen LogP contribution >= 0.6 is 0 Å². The maximum atomic E-state index is 13.8. The molecule has 1 atom stereocenters. The molecule has 0 radical (unpaired) electrons. The van der Waals surface area contributed by atoms with E-state index in [0.29, 0.717) is 30.0 Å². The molecule has 2 aliphatic rings. The van der Waals surface area contributed by atoms with Crippen molar-refractivity contribution in [3.8, 4) is 11.1 Å². The molecule has 2 aliphatic heterocycles. The Hall–Kier alpha value is -3.99. The van der Waals surface area contributed by atoms with Crippen molar-refractivity contribution >= 4 is 17.4 Å². The van der Waals surface area contributed by atoms with Gasteiger partial charge in [0.05, 0.1) is 0 Å². The van der Waals surface area contributed by atoms with Gasteiger partial charge in [-0.1, -0.05) is 19.9 Å². The first-order valence-corrected chi connectivity index (χ1v) is 16.0.